The van der Waals surface area contributed by atoms with Gasteiger partial charge in [-0.05, 0) is 19.8 Å². The van der Waals surface area contributed by atoms with Crippen molar-refractivity contribution in [1.29, 1.82) is 0 Å². The lowest BCUT2D eigenvalue weighted by molar-refractivity contribution is -0.119. The summed E-state index contributed by atoms with van der Waals surface area (Å²) in [6.45, 7) is 1.77. The van der Waals surface area contributed by atoms with Gasteiger partial charge in [0.15, 0.2) is 0 Å². The number of rotatable bonds is 4. The molecule has 1 fully saturated rings. The van der Waals surface area contributed by atoms with E-state index in [4.69, 9.17) is 5.73 Å². The highest BCUT2D eigenvalue weighted by molar-refractivity contribution is 5.97. The molecule has 1 aromatic rings. The summed E-state index contributed by atoms with van der Waals surface area (Å²) in [6.07, 6.45) is 5.57. The van der Waals surface area contributed by atoms with Gasteiger partial charge in [0.1, 0.15) is 0 Å². The van der Waals surface area contributed by atoms with E-state index in [-0.39, 0.29) is 18.5 Å². The Kier molecular flexibility index (Phi) is 3.64. The first-order chi connectivity index (χ1) is 8.59. The summed E-state index contributed by atoms with van der Waals surface area (Å²) in [5.41, 5.74) is 6.47. The van der Waals surface area contributed by atoms with Crippen molar-refractivity contribution >= 4 is 11.8 Å². The lowest BCUT2D eigenvalue weighted by Gasteiger charge is -2.27. The lowest BCUT2D eigenvalue weighted by Crippen LogP contribution is -2.44. The molecule has 1 aromatic heterocycles. The number of H-pyrrole nitrogens is 1. The van der Waals surface area contributed by atoms with Gasteiger partial charge in [-0.25, -0.2) is 0 Å². The molecule has 0 bridgehead atoms. The summed E-state index contributed by atoms with van der Waals surface area (Å²) >= 11 is 0. The second-order valence-corrected chi connectivity index (χ2v) is 4.75. The van der Waals surface area contributed by atoms with Crippen molar-refractivity contribution in [2.75, 3.05) is 6.54 Å². The van der Waals surface area contributed by atoms with Crippen molar-refractivity contribution in [3.63, 3.8) is 0 Å². The summed E-state index contributed by atoms with van der Waals surface area (Å²) in [7, 11) is 0. The average Bonchev–Trinajstić information content (AvgIpc) is 2.95. The Labute approximate surface area is 106 Å². The molecule has 98 valence electrons. The first-order valence-corrected chi connectivity index (χ1v) is 6.19. The van der Waals surface area contributed by atoms with Crippen LogP contribution in [0.2, 0.25) is 0 Å². The molecule has 0 unspecified atom stereocenters. The number of nitrogens with two attached hydrogens (primary N) is 1. The normalized spacial score (nSPS) is 15.8. The van der Waals surface area contributed by atoms with Gasteiger partial charge in [-0.1, -0.05) is 12.8 Å². The second-order valence-electron chi connectivity index (χ2n) is 4.75. The Balaban J connectivity index is 2.20. The van der Waals surface area contributed by atoms with E-state index < -0.39 is 5.91 Å². The smallest absolute Gasteiger partial charge is 0.258 e. The topological polar surface area (TPSA) is 92.1 Å². The van der Waals surface area contributed by atoms with E-state index in [1.807, 2.05) is 0 Å². The second kappa shape index (κ2) is 5.20. The summed E-state index contributed by atoms with van der Waals surface area (Å²) in [5, 5.41) is 6.58. The number of aromatic amines is 1. The molecule has 0 spiro atoms. The van der Waals surface area contributed by atoms with E-state index in [1.165, 1.54) is 6.20 Å². The molecule has 0 atom stereocenters. The van der Waals surface area contributed by atoms with Crippen LogP contribution in [0, 0.1) is 6.92 Å². The standard InChI is InChI=1S/C12H18N4O2/c1-8-10(6-14-15-8)12(18)16(7-11(13)17)9-4-2-3-5-9/h6,9H,2-5,7H2,1H3,(H2,13,17)(H,14,15). The van der Waals surface area contributed by atoms with Crippen molar-refractivity contribution in [3.05, 3.63) is 17.5 Å². The molecule has 6 heteroatoms. The van der Waals surface area contributed by atoms with Crippen LogP contribution in [0.1, 0.15) is 41.7 Å². The maximum Gasteiger partial charge on any atom is 0.258 e. The molecule has 1 aliphatic rings. The number of amides is 2. The van der Waals surface area contributed by atoms with Crippen molar-refractivity contribution in [3.8, 4) is 0 Å². The minimum absolute atomic E-state index is 0.0197. The lowest BCUT2D eigenvalue weighted by atomic mass is 10.1. The number of nitrogens with one attached hydrogen (secondary N) is 1. The highest BCUT2D eigenvalue weighted by Crippen LogP contribution is 2.25. The SMILES string of the molecule is Cc1[nH]ncc1C(=O)N(CC(N)=O)C1CCCC1. The number of hydrogen-bond donors (Lipinski definition) is 2. The van der Waals surface area contributed by atoms with Crippen LogP contribution in [0.15, 0.2) is 6.20 Å². The van der Waals surface area contributed by atoms with E-state index in [9.17, 15) is 9.59 Å². The fraction of sp³-hybridized carbons (Fsp3) is 0.583. The van der Waals surface area contributed by atoms with E-state index >= 15 is 0 Å². The first-order valence-electron chi connectivity index (χ1n) is 6.19. The Hall–Kier alpha value is -1.85. The van der Waals surface area contributed by atoms with Crippen LogP contribution in [0.3, 0.4) is 0 Å². The maximum absolute atomic E-state index is 12.4. The van der Waals surface area contributed by atoms with Crippen LogP contribution in [0.25, 0.3) is 0 Å². The van der Waals surface area contributed by atoms with Crippen molar-refractivity contribution in [2.45, 2.75) is 38.6 Å². The summed E-state index contributed by atoms with van der Waals surface area (Å²) in [4.78, 5) is 25.1. The number of carbonyl (C=O) groups excluding carboxylic acids is 2. The predicted octanol–water partition coefficient (Wildman–Crippen LogP) is 0.588. The van der Waals surface area contributed by atoms with Crippen LogP contribution < -0.4 is 5.73 Å². The van der Waals surface area contributed by atoms with E-state index in [0.717, 1.165) is 25.7 Å². The molecule has 1 heterocycles. The van der Waals surface area contributed by atoms with Crippen LogP contribution in [0.5, 0.6) is 0 Å². The zero-order valence-corrected chi connectivity index (χ0v) is 10.5. The molecule has 1 saturated carbocycles. The van der Waals surface area contributed by atoms with Crippen LogP contribution in [-0.4, -0.2) is 39.5 Å². The van der Waals surface area contributed by atoms with Gasteiger partial charge in [0, 0.05) is 11.7 Å². The van der Waals surface area contributed by atoms with Crippen LogP contribution in [-0.2, 0) is 4.79 Å². The third kappa shape index (κ3) is 2.52. The first kappa shape index (κ1) is 12.6. The number of aryl methyl sites for hydroxylation is 1. The number of carbonyl (C=O) groups is 2. The van der Waals surface area contributed by atoms with Crippen LogP contribution >= 0.6 is 0 Å². The minimum atomic E-state index is -0.476. The molecule has 1 aliphatic carbocycles. The number of aromatic nitrogens is 2. The van der Waals surface area contributed by atoms with Gasteiger partial charge in [0.25, 0.3) is 5.91 Å². The zero-order chi connectivity index (χ0) is 13.1. The van der Waals surface area contributed by atoms with Gasteiger partial charge in [-0.15, -0.1) is 0 Å². The van der Waals surface area contributed by atoms with Gasteiger partial charge < -0.3 is 10.6 Å². The van der Waals surface area contributed by atoms with Crippen molar-refractivity contribution < 1.29 is 9.59 Å². The summed E-state index contributed by atoms with van der Waals surface area (Å²) < 4.78 is 0. The fourth-order valence-corrected chi connectivity index (χ4v) is 2.47. The molecule has 0 saturated heterocycles. The minimum Gasteiger partial charge on any atom is -0.368 e. The monoisotopic (exact) mass is 250 g/mol. The van der Waals surface area contributed by atoms with Gasteiger partial charge in [-0.3, -0.25) is 14.7 Å². The number of primary amides is 1. The predicted molar refractivity (Wildman–Crippen MR) is 65.8 cm³/mol. The largest absolute Gasteiger partial charge is 0.368 e. The summed E-state index contributed by atoms with van der Waals surface area (Å²) in [5.74, 6) is -0.636. The molecular formula is C12H18N4O2. The molecule has 0 radical (unpaired) electrons. The molecule has 6 nitrogen and oxygen atoms in total. The van der Waals surface area contributed by atoms with Crippen molar-refractivity contribution in [1.82, 2.24) is 15.1 Å². The number of nitrogens with zero attached hydrogens (tertiary/aromatic N) is 2. The van der Waals surface area contributed by atoms with Crippen molar-refractivity contribution in [2.24, 2.45) is 5.73 Å². The zero-order valence-electron chi connectivity index (χ0n) is 10.5. The van der Waals surface area contributed by atoms with Gasteiger partial charge in [-0.2, -0.15) is 5.10 Å². The third-order valence-electron chi connectivity index (χ3n) is 3.41. The average molecular weight is 250 g/mol. The van der Waals surface area contributed by atoms with E-state index in [2.05, 4.69) is 10.2 Å². The molecule has 18 heavy (non-hydrogen) atoms. The molecular weight excluding hydrogens is 232 g/mol. The highest BCUT2D eigenvalue weighted by Gasteiger charge is 2.29. The van der Waals surface area contributed by atoms with Gasteiger partial charge in [0.2, 0.25) is 5.91 Å². The third-order valence-corrected chi connectivity index (χ3v) is 3.41. The fourth-order valence-electron chi connectivity index (χ4n) is 2.47. The quantitative estimate of drug-likeness (QED) is 0.819. The maximum atomic E-state index is 12.4. The van der Waals surface area contributed by atoms with Gasteiger partial charge >= 0.3 is 0 Å². The Morgan fingerprint density at radius 2 is 2.17 bits per heavy atom. The van der Waals surface area contributed by atoms with E-state index in [1.54, 1.807) is 11.8 Å². The molecule has 0 aliphatic heterocycles. The number of hydrogen-bond acceptors (Lipinski definition) is 3. The Bertz CT molecular complexity index is 449. The van der Waals surface area contributed by atoms with Gasteiger partial charge in [0.05, 0.1) is 18.3 Å². The Morgan fingerprint density at radius 3 is 2.67 bits per heavy atom. The molecule has 2 rings (SSSR count). The summed E-state index contributed by atoms with van der Waals surface area (Å²) in [6, 6.07) is 0.124. The molecule has 0 aromatic carbocycles. The van der Waals surface area contributed by atoms with E-state index in [0.29, 0.717) is 11.3 Å². The molecule has 3 N–H and O–H groups in total. The Morgan fingerprint density at radius 1 is 1.50 bits per heavy atom. The van der Waals surface area contributed by atoms with Crippen LogP contribution in [0.4, 0.5) is 0 Å². The molecule has 2 amide bonds. The highest BCUT2D eigenvalue weighted by atomic mass is 16.2.